The maximum absolute atomic E-state index is 13.2. The van der Waals surface area contributed by atoms with E-state index in [4.69, 9.17) is 0 Å². The van der Waals surface area contributed by atoms with Gasteiger partial charge in [0.15, 0.2) is 5.96 Å². The molecule has 1 fully saturated rings. The van der Waals surface area contributed by atoms with Gasteiger partial charge in [-0.05, 0) is 49.5 Å². The molecular weight excluding hydrogens is 418 g/mol. The minimum absolute atomic E-state index is 0. The summed E-state index contributed by atoms with van der Waals surface area (Å²) >= 11 is 0. The van der Waals surface area contributed by atoms with E-state index in [1.807, 2.05) is 6.07 Å². The molecular formula is C18H30FIN4. The van der Waals surface area contributed by atoms with Crippen LogP contribution in [0.1, 0.15) is 31.7 Å². The second-order valence-corrected chi connectivity index (χ2v) is 6.40. The summed E-state index contributed by atoms with van der Waals surface area (Å²) < 4.78 is 13.2. The zero-order chi connectivity index (χ0) is 16.5. The van der Waals surface area contributed by atoms with Gasteiger partial charge in [-0.2, -0.15) is 0 Å². The Morgan fingerprint density at radius 3 is 2.67 bits per heavy atom. The Kier molecular flexibility index (Phi) is 10.2. The lowest BCUT2D eigenvalue weighted by atomic mass is 10.1. The van der Waals surface area contributed by atoms with Gasteiger partial charge in [0.05, 0.1) is 0 Å². The average Bonchev–Trinajstić information content (AvgIpc) is 2.56. The fraction of sp³-hybridized carbons (Fsp3) is 0.611. The number of nitrogens with one attached hydrogen (secondary N) is 2. The number of halogens is 2. The molecule has 0 bridgehead atoms. The largest absolute Gasteiger partial charge is 0.356 e. The summed E-state index contributed by atoms with van der Waals surface area (Å²) in [5.41, 5.74) is 0.911. The number of hydrogen-bond acceptors (Lipinski definition) is 2. The van der Waals surface area contributed by atoms with Crippen LogP contribution in [0.25, 0.3) is 0 Å². The number of likely N-dealkylation sites (tertiary alicyclic amines) is 1. The Labute approximate surface area is 162 Å². The quantitative estimate of drug-likeness (QED) is 0.399. The third kappa shape index (κ3) is 7.79. The molecule has 2 N–H and O–H groups in total. The normalized spacial score (nSPS) is 17.0. The fourth-order valence-corrected chi connectivity index (χ4v) is 2.97. The van der Waals surface area contributed by atoms with Gasteiger partial charge in [0.25, 0.3) is 0 Å². The smallest absolute Gasteiger partial charge is 0.191 e. The highest BCUT2D eigenvalue weighted by molar-refractivity contribution is 14.0. The van der Waals surface area contributed by atoms with Crippen LogP contribution in [0.5, 0.6) is 0 Å². The number of hydrogen-bond donors (Lipinski definition) is 2. The second-order valence-electron chi connectivity index (χ2n) is 6.40. The first-order chi connectivity index (χ1) is 11.2. The van der Waals surface area contributed by atoms with E-state index in [0.29, 0.717) is 12.5 Å². The first-order valence-electron chi connectivity index (χ1n) is 8.58. The topological polar surface area (TPSA) is 39.7 Å². The van der Waals surface area contributed by atoms with Crippen LogP contribution in [-0.4, -0.2) is 44.1 Å². The lowest BCUT2D eigenvalue weighted by molar-refractivity contribution is 0.201. The highest BCUT2D eigenvalue weighted by atomic mass is 127. The first kappa shape index (κ1) is 21.2. The van der Waals surface area contributed by atoms with Gasteiger partial charge < -0.3 is 15.5 Å². The number of guanidine groups is 1. The van der Waals surface area contributed by atoms with E-state index in [1.165, 1.54) is 38.4 Å². The third-order valence-corrected chi connectivity index (χ3v) is 4.21. The van der Waals surface area contributed by atoms with Gasteiger partial charge in [0.2, 0.25) is 0 Å². The summed E-state index contributed by atoms with van der Waals surface area (Å²) in [4.78, 5) is 6.79. The first-order valence-corrected chi connectivity index (χ1v) is 8.58. The highest BCUT2D eigenvalue weighted by Crippen LogP contribution is 2.10. The molecule has 1 heterocycles. The van der Waals surface area contributed by atoms with Crippen molar-refractivity contribution < 1.29 is 4.39 Å². The van der Waals surface area contributed by atoms with Crippen molar-refractivity contribution in [1.29, 1.82) is 0 Å². The molecule has 1 atom stereocenters. The molecule has 0 spiro atoms. The Morgan fingerprint density at radius 2 is 2.00 bits per heavy atom. The lowest BCUT2D eigenvalue weighted by Gasteiger charge is -2.29. The van der Waals surface area contributed by atoms with Crippen molar-refractivity contribution in [1.82, 2.24) is 15.5 Å². The molecule has 0 saturated carbocycles. The zero-order valence-corrected chi connectivity index (χ0v) is 17.1. The molecule has 24 heavy (non-hydrogen) atoms. The summed E-state index contributed by atoms with van der Waals surface area (Å²) in [6, 6.07) is 6.63. The van der Waals surface area contributed by atoms with Crippen molar-refractivity contribution in [3.05, 3.63) is 35.6 Å². The Bertz CT molecular complexity index is 504. The van der Waals surface area contributed by atoms with E-state index in [2.05, 4.69) is 27.4 Å². The van der Waals surface area contributed by atoms with Crippen molar-refractivity contribution in [2.45, 2.75) is 32.7 Å². The monoisotopic (exact) mass is 448 g/mol. The van der Waals surface area contributed by atoms with E-state index < -0.39 is 0 Å². The minimum Gasteiger partial charge on any atom is -0.356 e. The molecule has 136 valence electrons. The Balaban J connectivity index is 0.00000288. The molecule has 1 aliphatic heterocycles. The van der Waals surface area contributed by atoms with E-state index in [1.54, 1.807) is 19.2 Å². The van der Waals surface area contributed by atoms with Crippen molar-refractivity contribution in [3.63, 3.8) is 0 Å². The number of rotatable bonds is 6. The number of piperidine rings is 1. The van der Waals surface area contributed by atoms with Crippen molar-refractivity contribution in [3.8, 4) is 0 Å². The van der Waals surface area contributed by atoms with Crippen LogP contribution >= 0.6 is 24.0 Å². The van der Waals surface area contributed by atoms with Crippen molar-refractivity contribution in [2.24, 2.45) is 10.9 Å². The molecule has 6 heteroatoms. The third-order valence-electron chi connectivity index (χ3n) is 4.21. The maximum atomic E-state index is 13.2. The molecule has 1 unspecified atom stereocenters. The SMILES string of the molecule is CN=C(NCc1cccc(F)c1)NCC(C)CN1CCCCC1.I. The molecule has 1 aromatic carbocycles. The maximum Gasteiger partial charge on any atom is 0.191 e. The van der Waals surface area contributed by atoms with E-state index in [0.717, 1.165) is 24.6 Å². The Morgan fingerprint density at radius 1 is 1.25 bits per heavy atom. The van der Waals surface area contributed by atoms with Crippen LogP contribution in [0.4, 0.5) is 4.39 Å². The van der Waals surface area contributed by atoms with Gasteiger partial charge >= 0.3 is 0 Å². The number of aliphatic imine (C=N–C) groups is 1. The predicted octanol–water partition coefficient (Wildman–Crippen LogP) is 3.23. The average molecular weight is 448 g/mol. The van der Waals surface area contributed by atoms with Gasteiger partial charge in [-0.1, -0.05) is 25.5 Å². The van der Waals surface area contributed by atoms with Crippen molar-refractivity contribution >= 4 is 29.9 Å². The van der Waals surface area contributed by atoms with E-state index in [9.17, 15) is 4.39 Å². The van der Waals surface area contributed by atoms with Gasteiger partial charge in [0.1, 0.15) is 5.82 Å². The number of nitrogens with zero attached hydrogens (tertiary/aromatic N) is 2. The summed E-state index contributed by atoms with van der Waals surface area (Å²) in [7, 11) is 1.76. The van der Waals surface area contributed by atoms with Gasteiger partial charge in [-0.15, -0.1) is 24.0 Å². The van der Waals surface area contributed by atoms with E-state index >= 15 is 0 Å². The van der Waals surface area contributed by atoms with Crippen molar-refractivity contribution in [2.75, 3.05) is 33.2 Å². The molecule has 1 saturated heterocycles. The standard InChI is InChI=1S/C18H29FN4.HI/c1-15(14-23-9-4-3-5-10-23)12-21-18(20-2)22-13-16-7-6-8-17(19)11-16;/h6-8,11,15H,3-5,9-10,12-14H2,1-2H3,(H2,20,21,22);1H. The van der Waals surface area contributed by atoms with Crippen LogP contribution < -0.4 is 10.6 Å². The molecule has 1 aromatic rings. The van der Waals surface area contributed by atoms with Crippen LogP contribution in [0.15, 0.2) is 29.3 Å². The van der Waals surface area contributed by atoms with E-state index in [-0.39, 0.29) is 29.8 Å². The molecule has 0 aliphatic carbocycles. The van der Waals surface area contributed by atoms with Crippen LogP contribution in [-0.2, 0) is 6.54 Å². The summed E-state index contributed by atoms with van der Waals surface area (Å²) in [5, 5.41) is 6.59. The molecule has 2 rings (SSSR count). The molecule has 1 aliphatic rings. The summed E-state index contributed by atoms with van der Waals surface area (Å²) in [6.45, 7) is 7.32. The molecule has 4 nitrogen and oxygen atoms in total. The molecule has 0 amide bonds. The van der Waals surface area contributed by atoms with Gasteiger partial charge in [-0.25, -0.2) is 4.39 Å². The van der Waals surface area contributed by atoms with Crippen LogP contribution in [0.3, 0.4) is 0 Å². The Hall–Kier alpha value is -0.890. The minimum atomic E-state index is -0.206. The number of benzene rings is 1. The van der Waals surface area contributed by atoms with Crippen LogP contribution in [0.2, 0.25) is 0 Å². The second kappa shape index (κ2) is 11.6. The molecule has 0 aromatic heterocycles. The van der Waals surface area contributed by atoms with Gasteiger partial charge in [0, 0.05) is 26.7 Å². The fourth-order valence-electron chi connectivity index (χ4n) is 2.97. The van der Waals surface area contributed by atoms with Gasteiger partial charge in [-0.3, -0.25) is 4.99 Å². The molecule has 0 radical (unpaired) electrons. The zero-order valence-electron chi connectivity index (χ0n) is 14.7. The summed E-state index contributed by atoms with van der Waals surface area (Å²) in [6.07, 6.45) is 4.04. The lowest BCUT2D eigenvalue weighted by Crippen LogP contribution is -2.42. The highest BCUT2D eigenvalue weighted by Gasteiger charge is 2.13. The summed E-state index contributed by atoms with van der Waals surface area (Å²) in [5.74, 6) is 1.13. The van der Waals surface area contributed by atoms with Crippen LogP contribution in [0, 0.1) is 11.7 Å². The predicted molar refractivity (Wildman–Crippen MR) is 109 cm³/mol.